The Balaban J connectivity index is 1.75. The van der Waals surface area contributed by atoms with E-state index in [0.29, 0.717) is 36.9 Å². The Morgan fingerprint density at radius 2 is 1.70 bits per heavy atom. The second kappa shape index (κ2) is 13.7. The van der Waals surface area contributed by atoms with Crippen molar-refractivity contribution in [3.05, 3.63) is 58.1 Å². The summed E-state index contributed by atoms with van der Waals surface area (Å²) in [5.41, 5.74) is 2.72. The van der Waals surface area contributed by atoms with Crippen LogP contribution < -0.4 is 10.1 Å². The van der Waals surface area contributed by atoms with Crippen LogP contribution in [0.2, 0.25) is 0 Å². The first kappa shape index (κ1) is 34.4. The molecule has 0 radical (unpaired) electrons. The van der Waals surface area contributed by atoms with Gasteiger partial charge >= 0.3 is 12.1 Å². The Hall–Kier alpha value is -3.11. The molecule has 1 aliphatic rings. The van der Waals surface area contributed by atoms with Gasteiger partial charge < -0.3 is 19.5 Å². The number of sulfonamides is 1. The minimum Gasteiger partial charge on any atom is -0.487 e. The number of carbonyl (C=O) groups is 2. The van der Waals surface area contributed by atoms with Gasteiger partial charge in [-0.05, 0) is 115 Å². The number of unbranched alkanes of at least 4 members (excludes halogenated alkanes) is 1. The molecular formula is C33H48N2O7S. The molecule has 2 aromatic rings. The van der Waals surface area contributed by atoms with E-state index < -0.39 is 33.7 Å². The summed E-state index contributed by atoms with van der Waals surface area (Å²) in [6, 6.07) is 8.34. The Kier molecular flexibility index (Phi) is 10.9. The molecule has 1 unspecified atom stereocenters. The molecule has 0 spiro atoms. The quantitative estimate of drug-likeness (QED) is 0.238. The van der Waals surface area contributed by atoms with Gasteiger partial charge in [0.15, 0.2) is 0 Å². The van der Waals surface area contributed by atoms with Crippen molar-refractivity contribution in [2.24, 2.45) is 0 Å². The average Bonchev–Trinajstić information content (AvgIpc) is 2.91. The maximum absolute atomic E-state index is 14.2. The molecule has 9 nitrogen and oxygen atoms in total. The van der Waals surface area contributed by atoms with Crippen LogP contribution in [-0.2, 0) is 37.3 Å². The van der Waals surface area contributed by atoms with Crippen molar-refractivity contribution in [1.82, 2.24) is 9.62 Å². The van der Waals surface area contributed by atoms with E-state index in [2.05, 4.69) is 5.32 Å². The first-order valence-corrected chi connectivity index (χ1v) is 16.4. The molecule has 1 N–H and O–H groups in total. The normalized spacial score (nSPS) is 15.3. The van der Waals surface area contributed by atoms with Crippen molar-refractivity contribution < 1.29 is 32.2 Å². The maximum atomic E-state index is 14.2. The molecule has 0 bridgehead atoms. The minimum absolute atomic E-state index is 0.168. The number of likely N-dealkylation sites (N-methyl/N-ethyl adjacent to an activating group) is 1. The van der Waals surface area contributed by atoms with Crippen LogP contribution in [0.4, 0.5) is 4.79 Å². The molecule has 0 saturated carbocycles. The molecule has 0 saturated heterocycles. The number of alkyl carbamates (subject to hydrolysis) is 1. The summed E-state index contributed by atoms with van der Waals surface area (Å²) in [6.45, 7) is 15.3. The van der Waals surface area contributed by atoms with Crippen LogP contribution in [0.3, 0.4) is 0 Å². The van der Waals surface area contributed by atoms with Crippen molar-refractivity contribution in [3.8, 4) is 5.75 Å². The number of benzene rings is 2. The van der Waals surface area contributed by atoms with Crippen LogP contribution in [0, 0.1) is 20.8 Å². The fraction of sp³-hybridized carbons (Fsp3) is 0.576. The van der Waals surface area contributed by atoms with Crippen molar-refractivity contribution in [1.29, 1.82) is 0 Å². The van der Waals surface area contributed by atoms with E-state index in [-0.39, 0.29) is 23.5 Å². The second-order valence-corrected chi connectivity index (χ2v) is 14.9. The third-order valence-corrected chi connectivity index (χ3v) is 9.95. The topological polar surface area (TPSA) is 111 Å². The van der Waals surface area contributed by atoms with E-state index >= 15 is 0 Å². The highest BCUT2D eigenvalue weighted by molar-refractivity contribution is 7.89. The van der Waals surface area contributed by atoms with Gasteiger partial charge in [-0.15, -0.1) is 0 Å². The zero-order valence-electron chi connectivity index (χ0n) is 27.1. The monoisotopic (exact) mass is 616 g/mol. The number of nitrogens with zero attached hydrogens (tertiary/aromatic N) is 1. The number of rotatable bonds is 11. The molecule has 1 aliphatic heterocycles. The van der Waals surface area contributed by atoms with Crippen LogP contribution >= 0.6 is 0 Å². The van der Waals surface area contributed by atoms with Crippen molar-refractivity contribution in [2.45, 2.75) is 116 Å². The third kappa shape index (κ3) is 8.72. The average molecular weight is 617 g/mol. The van der Waals surface area contributed by atoms with Crippen LogP contribution in [-0.4, -0.2) is 55.6 Å². The summed E-state index contributed by atoms with van der Waals surface area (Å²) < 4.78 is 46.8. The van der Waals surface area contributed by atoms with Crippen LogP contribution in [0.5, 0.6) is 5.75 Å². The minimum atomic E-state index is -4.09. The summed E-state index contributed by atoms with van der Waals surface area (Å²) in [5, 5.41) is 2.71. The number of fused-ring (bicyclic) bond motifs is 1. The lowest BCUT2D eigenvalue weighted by Crippen LogP contribution is -2.45. The van der Waals surface area contributed by atoms with E-state index in [4.69, 9.17) is 14.2 Å². The molecule has 10 heteroatoms. The van der Waals surface area contributed by atoms with Crippen molar-refractivity contribution in [2.75, 3.05) is 13.6 Å². The number of hydrogen-bond acceptors (Lipinski definition) is 7. The van der Waals surface area contributed by atoms with Gasteiger partial charge in [-0.25, -0.2) is 13.2 Å². The molecule has 0 aliphatic carbocycles. The van der Waals surface area contributed by atoms with Gasteiger partial charge in [0, 0.05) is 13.6 Å². The number of ether oxygens (including phenoxy) is 3. The van der Waals surface area contributed by atoms with E-state index in [1.54, 1.807) is 27.7 Å². The van der Waals surface area contributed by atoms with E-state index in [1.165, 1.54) is 7.05 Å². The molecule has 43 heavy (non-hydrogen) atoms. The molecule has 1 atom stereocenters. The molecule has 1 heterocycles. The summed E-state index contributed by atoms with van der Waals surface area (Å²) in [5.74, 6) is 0.148. The van der Waals surface area contributed by atoms with E-state index in [9.17, 15) is 18.0 Å². The third-order valence-electron chi connectivity index (χ3n) is 7.81. The molecule has 2 aromatic carbocycles. The lowest BCUT2D eigenvalue weighted by atomic mass is 9.88. The largest absolute Gasteiger partial charge is 0.487 e. The highest BCUT2D eigenvalue weighted by atomic mass is 32.2. The van der Waals surface area contributed by atoms with Gasteiger partial charge in [-0.1, -0.05) is 30.3 Å². The molecule has 1 amide bonds. The second-order valence-electron chi connectivity index (χ2n) is 12.9. The highest BCUT2D eigenvalue weighted by Gasteiger charge is 2.39. The molecule has 0 aromatic heterocycles. The molecule has 238 valence electrons. The predicted octanol–water partition coefficient (Wildman–Crippen LogP) is 6.14. The number of hydrogen-bond donors (Lipinski definition) is 1. The standard InChI is InChI=1S/C33H48N2O7S/c1-22-23(2)29(24(3)26-18-19-33(7,8)41-28(22)26)43(38,39)35(9)27(30(36)42-32(4,5)6)17-13-14-20-34-31(37)40-21-25-15-11-10-12-16-25/h10-12,15-16,27H,13-14,17-21H2,1-9H3,(H,34,37). The zero-order valence-corrected chi connectivity index (χ0v) is 27.9. The van der Waals surface area contributed by atoms with Crippen LogP contribution in [0.25, 0.3) is 0 Å². The van der Waals surface area contributed by atoms with Gasteiger partial charge in [0.2, 0.25) is 10.0 Å². The van der Waals surface area contributed by atoms with E-state index in [0.717, 1.165) is 33.2 Å². The summed E-state index contributed by atoms with van der Waals surface area (Å²) >= 11 is 0. The Bertz CT molecular complexity index is 1410. The highest BCUT2D eigenvalue weighted by Crippen LogP contribution is 2.43. The lowest BCUT2D eigenvalue weighted by Gasteiger charge is -2.36. The maximum Gasteiger partial charge on any atom is 0.407 e. The van der Waals surface area contributed by atoms with Gasteiger partial charge in [0.05, 0.1) is 4.90 Å². The Morgan fingerprint density at radius 3 is 2.33 bits per heavy atom. The van der Waals surface area contributed by atoms with Gasteiger partial charge in [0.25, 0.3) is 0 Å². The van der Waals surface area contributed by atoms with Gasteiger partial charge in [0.1, 0.15) is 29.6 Å². The number of amides is 1. The van der Waals surface area contributed by atoms with Crippen LogP contribution in [0.1, 0.15) is 88.1 Å². The van der Waals surface area contributed by atoms with Crippen molar-refractivity contribution in [3.63, 3.8) is 0 Å². The molecule has 3 rings (SSSR count). The smallest absolute Gasteiger partial charge is 0.407 e. The van der Waals surface area contributed by atoms with E-state index in [1.807, 2.05) is 58.0 Å². The Morgan fingerprint density at radius 1 is 1.05 bits per heavy atom. The number of nitrogens with one attached hydrogen (secondary N) is 1. The fourth-order valence-corrected chi connectivity index (χ4v) is 7.16. The lowest BCUT2D eigenvalue weighted by molar-refractivity contribution is -0.159. The van der Waals surface area contributed by atoms with Gasteiger partial charge in [-0.2, -0.15) is 4.31 Å². The predicted molar refractivity (Wildman–Crippen MR) is 167 cm³/mol. The first-order chi connectivity index (χ1) is 19.9. The first-order valence-electron chi connectivity index (χ1n) is 14.9. The number of esters is 1. The SMILES string of the molecule is Cc1c(C)c(S(=O)(=O)N(C)C(CCCCNC(=O)OCc2ccccc2)C(=O)OC(C)(C)C)c(C)c2c1OC(C)(C)CC2. The summed E-state index contributed by atoms with van der Waals surface area (Å²) in [7, 11) is -2.65. The Labute approximate surface area is 257 Å². The summed E-state index contributed by atoms with van der Waals surface area (Å²) in [4.78, 5) is 25.7. The zero-order chi connectivity index (χ0) is 32.2. The fourth-order valence-electron chi connectivity index (χ4n) is 5.29. The number of carbonyl (C=O) groups excluding carboxylic acids is 2. The van der Waals surface area contributed by atoms with Crippen molar-refractivity contribution >= 4 is 22.1 Å². The van der Waals surface area contributed by atoms with Gasteiger partial charge in [-0.3, -0.25) is 4.79 Å². The summed E-state index contributed by atoms with van der Waals surface area (Å²) in [6.07, 6.45) is 2.17. The molecule has 0 fully saturated rings. The molecular weight excluding hydrogens is 568 g/mol. The van der Waals surface area contributed by atoms with Crippen LogP contribution in [0.15, 0.2) is 35.2 Å².